The average molecular weight is 505 g/mol. The van der Waals surface area contributed by atoms with Crippen LogP contribution in [0.5, 0.6) is 5.75 Å². The van der Waals surface area contributed by atoms with Crippen LogP contribution in [0.4, 0.5) is 0 Å². The minimum absolute atomic E-state index is 0.0726. The van der Waals surface area contributed by atoms with Gasteiger partial charge in [-0.15, -0.1) is 0 Å². The third-order valence-corrected chi connectivity index (χ3v) is 6.92. The van der Waals surface area contributed by atoms with E-state index in [1.807, 2.05) is 13.8 Å². The molecule has 1 aliphatic rings. The van der Waals surface area contributed by atoms with Crippen molar-refractivity contribution in [1.82, 2.24) is 9.97 Å². The van der Waals surface area contributed by atoms with Crippen LogP contribution in [0.25, 0.3) is 16.6 Å². The first-order chi connectivity index (χ1) is 17.5. The second-order valence-electron chi connectivity index (χ2n) is 9.48. The van der Waals surface area contributed by atoms with Crippen molar-refractivity contribution >= 4 is 34.4 Å². The molecule has 1 aliphatic carbocycles. The Morgan fingerprint density at radius 2 is 1.86 bits per heavy atom. The van der Waals surface area contributed by atoms with Crippen molar-refractivity contribution in [3.8, 4) is 5.75 Å². The molecular weight excluding hydrogens is 476 g/mol. The number of hydrogen-bond donors (Lipinski definition) is 7. The molecule has 1 aromatic heterocycles. The van der Waals surface area contributed by atoms with E-state index in [0.29, 0.717) is 28.0 Å². The monoisotopic (exact) mass is 504 g/mol. The van der Waals surface area contributed by atoms with Crippen LogP contribution in [0.3, 0.4) is 0 Å². The van der Waals surface area contributed by atoms with Gasteiger partial charge in [0, 0.05) is 16.7 Å². The molecule has 0 spiro atoms. The predicted octanol–water partition coefficient (Wildman–Crippen LogP) is 3.92. The number of aliphatic carboxylic acids is 2. The number of nitrogen functional groups attached to an aromatic ring is 1. The molecule has 192 valence electrons. The summed E-state index contributed by atoms with van der Waals surface area (Å²) in [5.41, 5.74) is 6.71. The first kappa shape index (κ1) is 25.5. The normalized spacial score (nSPS) is 18.6. The smallest absolute Gasteiger partial charge is 0.311 e. The van der Waals surface area contributed by atoms with Crippen LogP contribution in [-0.4, -0.2) is 48.2 Å². The number of aliphatic hydroxyl groups excluding tert-OH is 1. The molecule has 2 atom stereocenters. The van der Waals surface area contributed by atoms with E-state index in [4.69, 9.17) is 16.1 Å². The number of nitrogens with two attached hydrogens (primary N) is 1. The van der Waals surface area contributed by atoms with Gasteiger partial charge in [0.15, 0.2) is 0 Å². The number of phenolic OH excluding ortho intramolecular Hbond substituents is 1. The zero-order valence-electron chi connectivity index (χ0n) is 20.3. The van der Waals surface area contributed by atoms with Gasteiger partial charge in [0.05, 0.1) is 23.4 Å². The first-order valence-electron chi connectivity index (χ1n) is 11.7. The summed E-state index contributed by atoms with van der Waals surface area (Å²) >= 11 is 0. The second-order valence-corrected chi connectivity index (χ2v) is 9.48. The maximum absolute atomic E-state index is 12.2. The molecule has 1 heterocycles. The van der Waals surface area contributed by atoms with E-state index in [-0.39, 0.29) is 40.8 Å². The number of aromatic hydroxyl groups is 1. The molecule has 0 fully saturated rings. The van der Waals surface area contributed by atoms with Gasteiger partial charge in [-0.25, -0.2) is 4.98 Å². The van der Waals surface area contributed by atoms with Crippen LogP contribution in [-0.2, 0) is 15.0 Å². The van der Waals surface area contributed by atoms with E-state index in [1.54, 1.807) is 42.5 Å². The lowest BCUT2D eigenvalue weighted by atomic mass is 9.66. The summed E-state index contributed by atoms with van der Waals surface area (Å²) in [6, 6.07) is 11.4. The molecular formula is C27H28N4O6. The van der Waals surface area contributed by atoms with Gasteiger partial charge in [0.2, 0.25) is 0 Å². The second kappa shape index (κ2) is 9.45. The molecule has 0 saturated heterocycles. The minimum atomic E-state index is -1.37. The van der Waals surface area contributed by atoms with Gasteiger partial charge in [-0.05, 0) is 36.6 Å². The molecule has 3 aromatic rings. The fraction of sp³-hybridized carbons (Fsp3) is 0.259. The highest BCUT2D eigenvalue weighted by Crippen LogP contribution is 2.50. The lowest BCUT2D eigenvalue weighted by Gasteiger charge is -2.39. The maximum Gasteiger partial charge on any atom is 0.311 e. The number of carbonyl (C=O) groups is 2. The van der Waals surface area contributed by atoms with E-state index >= 15 is 0 Å². The van der Waals surface area contributed by atoms with Crippen LogP contribution in [0.1, 0.15) is 43.6 Å². The minimum Gasteiger partial charge on any atom is -0.511 e. The molecule has 0 saturated carbocycles. The summed E-state index contributed by atoms with van der Waals surface area (Å²) in [7, 11) is 0. The molecule has 0 bridgehead atoms. The van der Waals surface area contributed by atoms with Gasteiger partial charge in [-0.2, -0.15) is 0 Å². The number of para-hydroxylation sites is 1. The number of H-pyrrole nitrogens is 1. The predicted molar refractivity (Wildman–Crippen MR) is 137 cm³/mol. The van der Waals surface area contributed by atoms with Crippen LogP contribution in [0, 0.1) is 17.2 Å². The summed E-state index contributed by atoms with van der Waals surface area (Å²) < 4.78 is 0. The summed E-state index contributed by atoms with van der Waals surface area (Å²) in [6.45, 7) is 3.67. The van der Waals surface area contributed by atoms with E-state index in [1.165, 1.54) is 6.07 Å². The Hall–Kier alpha value is -4.60. The standard InChI is InChI=1S/C27H28N4O6/c1-13(2)27(26-30-19-8-7-14(24(28)29)10-20(19)31-26)12-15(17(25(36)37)11-22(33)34)9-18(23(27)35)16-5-3-4-6-21(16)32/h3-8,10,12-13,17,32,35H,9,11H2,1-2H3,(H3,28,29)(H,30,31)(H,33,34)(H,36,37). The van der Waals surface area contributed by atoms with Gasteiger partial charge >= 0.3 is 11.9 Å². The molecule has 10 nitrogen and oxygen atoms in total. The van der Waals surface area contributed by atoms with Crippen molar-refractivity contribution in [2.24, 2.45) is 17.6 Å². The van der Waals surface area contributed by atoms with Gasteiger partial charge in [0.1, 0.15) is 28.6 Å². The van der Waals surface area contributed by atoms with Crippen molar-refractivity contribution in [3.05, 3.63) is 76.8 Å². The Morgan fingerprint density at radius 3 is 2.46 bits per heavy atom. The number of allylic oxidation sites excluding steroid dienone is 2. The van der Waals surface area contributed by atoms with Crippen molar-refractivity contribution in [3.63, 3.8) is 0 Å². The van der Waals surface area contributed by atoms with Gasteiger partial charge in [-0.3, -0.25) is 15.0 Å². The summed E-state index contributed by atoms with van der Waals surface area (Å²) in [4.78, 5) is 31.7. The maximum atomic E-state index is 12.2. The van der Waals surface area contributed by atoms with E-state index < -0.39 is 29.7 Å². The molecule has 8 N–H and O–H groups in total. The molecule has 10 heteroatoms. The number of rotatable bonds is 8. The van der Waals surface area contributed by atoms with Crippen molar-refractivity contribution < 1.29 is 30.0 Å². The van der Waals surface area contributed by atoms with E-state index in [0.717, 1.165) is 0 Å². The highest BCUT2D eigenvalue weighted by molar-refractivity contribution is 5.98. The Morgan fingerprint density at radius 1 is 1.16 bits per heavy atom. The fourth-order valence-electron chi connectivity index (χ4n) is 4.94. The average Bonchev–Trinajstić information content (AvgIpc) is 3.26. The summed E-state index contributed by atoms with van der Waals surface area (Å²) in [5.74, 6) is -4.37. The molecule has 0 aliphatic heterocycles. The Kier molecular flexibility index (Phi) is 6.51. The third-order valence-electron chi connectivity index (χ3n) is 6.92. The number of fused-ring (bicyclic) bond motifs is 1. The van der Waals surface area contributed by atoms with Crippen molar-refractivity contribution in [2.45, 2.75) is 32.1 Å². The number of carboxylic acids is 2. The van der Waals surface area contributed by atoms with Gasteiger partial charge in [0.25, 0.3) is 0 Å². The van der Waals surface area contributed by atoms with Gasteiger partial charge in [-0.1, -0.05) is 43.7 Å². The van der Waals surface area contributed by atoms with Crippen LogP contribution >= 0.6 is 0 Å². The molecule has 0 radical (unpaired) electrons. The number of benzene rings is 2. The number of amidine groups is 1. The molecule has 2 unspecified atom stereocenters. The molecule has 2 aromatic carbocycles. The number of aliphatic hydroxyl groups is 1. The Bertz CT molecular complexity index is 1490. The lowest BCUT2D eigenvalue weighted by Crippen LogP contribution is -2.38. The molecule has 0 amide bonds. The quantitative estimate of drug-likeness (QED) is 0.136. The topological polar surface area (TPSA) is 194 Å². The first-order valence-corrected chi connectivity index (χ1v) is 11.7. The van der Waals surface area contributed by atoms with Gasteiger partial charge < -0.3 is 31.1 Å². The van der Waals surface area contributed by atoms with Crippen molar-refractivity contribution in [1.29, 1.82) is 5.41 Å². The SMILES string of the molecule is CC(C)C1(c2nc3ccc(C(=N)N)cc3[nH]2)C=C(C(CC(=O)O)C(=O)O)CC(c2ccccc2O)=C1O. The van der Waals surface area contributed by atoms with E-state index in [9.17, 15) is 30.0 Å². The number of aromatic amines is 1. The number of phenols is 1. The number of hydrogen-bond acceptors (Lipinski definition) is 6. The number of nitrogens with zero attached hydrogens (tertiary/aromatic N) is 1. The summed E-state index contributed by atoms with van der Waals surface area (Å²) in [6.07, 6.45) is 0.880. The zero-order valence-corrected chi connectivity index (χ0v) is 20.3. The Balaban J connectivity index is 2.04. The highest BCUT2D eigenvalue weighted by Gasteiger charge is 2.47. The summed E-state index contributed by atoms with van der Waals surface area (Å²) in [5, 5.41) is 49.5. The van der Waals surface area contributed by atoms with Crippen LogP contribution in [0.2, 0.25) is 0 Å². The molecule has 37 heavy (non-hydrogen) atoms. The third kappa shape index (κ3) is 4.42. The largest absolute Gasteiger partial charge is 0.511 e. The number of nitrogens with one attached hydrogen (secondary N) is 2. The highest BCUT2D eigenvalue weighted by atomic mass is 16.4. The molecule has 4 rings (SSSR count). The fourth-order valence-corrected chi connectivity index (χ4v) is 4.94. The lowest BCUT2D eigenvalue weighted by molar-refractivity contribution is -0.147. The van der Waals surface area contributed by atoms with E-state index in [2.05, 4.69) is 4.98 Å². The number of aromatic nitrogens is 2. The zero-order chi connectivity index (χ0) is 27.1. The van der Waals surface area contributed by atoms with Crippen LogP contribution < -0.4 is 5.73 Å². The number of imidazole rings is 1. The van der Waals surface area contributed by atoms with Crippen molar-refractivity contribution in [2.75, 3.05) is 0 Å². The number of carboxylic acid groups (broad SMARTS) is 2. The Labute approximate surface area is 212 Å². The van der Waals surface area contributed by atoms with Crippen LogP contribution in [0.15, 0.2) is 59.9 Å².